The molecule has 0 bridgehead atoms. The summed E-state index contributed by atoms with van der Waals surface area (Å²) < 4.78 is 18.9. The van der Waals surface area contributed by atoms with Crippen molar-refractivity contribution in [1.82, 2.24) is 30.1 Å². The second kappa shape index (κ2) is 11.5. The lowest BCUT2D eigenvalue weighted by Crippen LogP contribution is -2.47. The number of carbonyl (C=O) groups is 1. The lowest BCUT2D eigenvalue weighted by Gasteiger charge is -2.24. The molecule has 0 unspecified atom stereocenters. The van der Waals surface area contributed by atoms with E-state index in [9.17, 15) is 10.1 Å². The number of nitrogens with one attached hydrogen (secondary N) is 1. The summed E-state index contributed by atoms with van der Waals surface area (Å²) in [6.07, 6.45) is 4.01. The van der Waals surface area contributed by atoms with Gasteiger partial charge in [-0.1, -0.05) is 11.6 Å². The summed E-state index contributed by atoms with van der Waals surface area (Å²) in [7, 11) is 0. The van der Waals surface area contributed by atoms with Crippen LogP contribution in [0.25, 0.3) is 16.6 Å². The minimum atomic E-state index is -0.649. The maximum atomic E-state index is 12.6. The molecule has 1 amide bonds. The fourth-order valence-corrected chi connectivity index (χ4v) is 4.68. The molecule has 0 aliphatic carbocycles. The van der Waals surface area contributed by atoms with Crippen LogP contribution in [0.2, 0.25) is 5.15 Å². The Hall–Kier alpha value is -4.63. The van der Waals surface area contributed by atoms with Gasteiger partial charge in [0.05, 0.1) is 42.7 Å². The molecule has 0 radical (unpaired) electrons. The molecular formula is C28H29ClN8O4. The Labute approximate surface area is 241 Å². The van der Waals surface area contributed by atoms with Crippen molar-refractivity contribution in [1.29, 1.82) is 5.26 Å². The average molecular weight is 577 g/mol. The number of halogens is 1. The van der Waals surface area contributed by atoms with Gasteiger partial charge in [-0.15, -0.1) is 10.2 Å². The molecule has 4 aromatic rings. The number of ether oxygens (including phenoxy) is 3. The molecule has 1 saturated heterocycles. The molecule has 2 atom stereocenters. The van der Waals surface area contributed by atoms with Crippen molar-refractivity contribution < 1.29 is 19.0 Å². The van der Waals surface area contributed by atoms with E-state index >= 15 is 0 Å². The van der Waals surface area contributed by atoms with E-state index < -0.39 is 23.8 Å². The normalized spacial score (nSPS) is 16.8. The number of anilines is 1. The Balaban J connectivity index is 1.40. The van der Waals surface area contributed by atoms with Crippen LogP contribution in [0.1, 0.15) is 33.3 Å². The fraction of sp³-hybridized carbons (Fsp3) is 0.357. The minimum absolute atomic E-state index is 0.250. The van der Waals surface area contributed by atoms with E-state index in [2.05, 4.69) is 26.7 Å². The first kappa shape index (κ1) is 27.9. The molecule has 5 rings (SSSR count). The molecular weight excluding hydrogens is 548 g/mol. The molecule has 12 nitrogen and oxygen atoms in total. The number of alkyl carbamates (subject to hydrolysis) is 1. The van der Waals surface area contributed by atoms with E-state index in [-0.39, 0.29) is 11.0 Å². The molecule has 0 aromatic carbocycles. The SMILES string of the molecule is CCOc1cc(-c2ccc(N3C[C@H](NC(=O)OC(C)(C)C)[C@@H](Oc4ccc(Cl)nn4)C3)nc2)c2c(C#N)cnn2c1. The third-order valence-corrected chi connectivity index (χ3v) is 6.45. The zero-order chi connectivity index (χ0) is 29.1. The van der Waals surface area contributed by atoms with Gasteiger partial charge in [0.15, 0.2) is 5.15 Å². The second-order valence-corrected chi connectivity index (χ2v) is 10.8. The van der Waals surface area contributed by atoms with E-state index in [1.807, 2.05) is 30.0 Å². The topological polar surface area (TPSA) is 140 Å². The van der Waals surface area contributed by atoms with Gasteiger partial charge in [0.2, 0.25) is 5.88 Å². The number of pyridine rings is 2. The highest BCUT2D eigenvalue weighted by atomic mass is 35.5. The predicted molar refractivity (Wildman–Crippen MR) is 151 cm³/mol. The molecule has 5 heterocycles. The second-order valence-electron chi connectivity index (χ2n) is 10.4. The monoisotopic (exact) mass is 576 g/mol. The van der Waals surface area contributed by atoms with E-state index in [0.717, 1.165) is 11.1 Å². The molecule has 1 N–H and O–H groups in total. The first-order valence-corrected chi connectivity index (χ1v) is 13.4. The number of nitrogens with zero attached hydrogens (tertiary/aromatic N) is 7. The van der Waals surface area contributed by atoms with Crippen LogP contribution in [0.15, 0.2) is 48.9 Å². The quantitative estimate of drug-likeness (QED) is 0.339. The summed E-state index contributed by atoms with van der Waals surface area (Å²) in [6.45, 7) is 8.65. The highest BCUT2D eigenvalue weighted by Gasteiger charge is 2.37. The van der Waals surface area contributed by atoms with Crippen molar-refractivity contribution in [2.75, 3.05) is 24.6 Å². The Morgan fingerprint density at radius 3 is 2.68 bits per heavy atom. The van der Waals surface area contributed by atoms with Crippen molar-refractivity contribution in [3.05, 3.63) is 59.6 Å². The van der Waals surface area contributed by atoms with Gasteiger partial charge in [0.25, 0.3) is 0 Å². The molecule has 41 heavy (non-hydrogen) atoms. The van der Waals surface area contributed by atoms with E-state index in [1.54, 1.807) is 49.8 Å². The van der Waals surface area contributed by atoms with Crippen LogP contribution in [-0.4, -0.2) is 68.3 Å². The Bertz CT molecular complexity index is 1580. The van der Waals surface area contributed by atoms with Gasteiger partial charge in [-0.25, -0.2) is 14.3 Å². The summed E-state index contributed by atoms with van der Waals surface area (Å²) in [6, 6.07) is 10.7. The van der Waals surface area contributed by atoms with Crippen molar-refractivity contribution in [3.63, 3.8) is 0 Å². The van der Waals surface area contributed by atoms with Gasteiger partial charge in [-0.3, -0.25) is 0 Å². The van der Waals surface area contributed by atoms with Crippen molar-refractivity contribution in [2.45, 2.75) is 45.4 Å². The van der Waals surface area contributed by atoms with E-state index in [1.165, 1.54) is 6.20 Å². The average Bonchev–Trinajstić information content (AvgIpc) is 3.52. The van der Waals surface area contributed by atoms with Crippen LogP contribution in [0, 0.1) is 11.3 Å². The minimum Gasteiger partial charge on any atom is -0.492 e. The molecule has 1 aliphatic rings. The number of amides is 1. The number of fused-ring (bicyclic) bond motifs is 1. The third-order valence-electron chi connectivity index (χ3n) is 6.25. The molecule has 212 valence electrons. The number of nitriles is 1. The van der Waals surface area contributed by atoms with Crippen molar-refractivity contribution >= 4 is 29.0 Å². The molecule has 13 heteroatoms. The number of rotatable bonds is 7. The van der Waals surface area contributed by atoms with Crippen LogP contribution in [-0.2, 0) is 4.74 Å². The smallest absolute Gasteiger partial charge is 0.408 e. The third kappa shape index (κ3) is 6.41. The van der Waals surface area contributed by atoms with Gasteiger partial charge in [-0.05, 0) is 52.0 Å². The van der Waals surface area contributed by atoms with Gasteiger partial charge in [0.1, 0.15) is 29.3 Å². The highest BCUT2D eigenvalue weighted by Crippen LogP contribution is 2.32. The maximum Gasteiger partial charge on any atom is 0.408 e. The summed E-state index contributed by atoms with van der Waals surface area (Å²) in [5.41, 5.74) is 2.05. The fourth-order valence-electron chi connectivity index (χ4n) is 4.58. The molecule has 0 saturated carbocycles. The number of aromatic nitrogens is 5. The lowest BCUT2D eigenvalue weighted by atomic mass is 10.1. The predicted octanol–water partition coefficient (Wildman–Crippen LogP) is 4.27. The van der Waals surface area contributed by atoms with Crippen LogP contribution >= 0.6 is 11.6 Å². The Kier molecular flexibility index (Phi) is 7.81. The standard InChI is InChI=1S/C28H29ClN8O4/c1-5-39-19-10-20(26-18(11-30)13-32-37(26)14-19)17-6-8-24(31-12-17)36-15-21(33-27(38)41-28(2,3)4)22(16-36)40-25-9-7-23(29)34-35-25/h6-10,12-14,21-22H,5,15-16H2,1-4H3,(H,33,38)/t21-,22-/m0/s1. The van der Waals surface area contributed by atoms with Crippen molar-refractivity contribution in [2.24, 2.45) is 0 Å². The van der Waals surface area contributed by atoms with Crippen molar-refractivity contribution in [3.8, 4) is 28.8 Å². The van der Waals surface area contributed by atoms with Crippen LogP contribution in [0.5, 0.6) is 11.6 Å². The molecule has 4 aromatic heterocycles. The van der Waals surface area contributed by atoms with Crippen LogP contribution in [0.3, 0.4) is 0 Å². The molecule has 1 fully saturated rings. The first-order valence-electron chi connectivity index (χ1n) is 13.0. The summed E-state index contributed by atoms with van der Waals surface area (Å²) >= 11 is 5.87. The van der Waals surface area contributed by atoms with E-state index in [4.69, 9.17) is 30.8 Å². The highest BCUT2D eigenvalue weighted by molar-refractivity contribution is 6.29. The first-order chi connectivity index (χ1) is 19.6. The lowest BCUT2D eigenvalue weighted by molar-refractivity contribution is 0.0471. The maximum absolute atomic E-state index is 12.6. The Morgan fingerprint density at radius 2 is 2.02 bits per heavy atom. The van der Waals surface area contributed by atoms with E-state index in [0.29, 0.717) is 42.3 Å². The van der Waals surface area contributed by atoms with Gasteiger partial charge >= 0.3 is 6.09 Å². The summed E-state index contributed by atoms with van der Waals surface area (Å²) in [5, 5.41) is 24.9. The summed E-state index contributed by atoms with van der Waals surface area (Å²) in [5.74, 6) is 1.60. The Morgan fingerprint density at radius 1 is 1.20 bits per heavy atom. The van der Waals surface area contributed by atoms with Crippen LogP contribution in [0.4, 0.5) is 10.6 Å². The zero-order valence-electron chi connectivity index (χ0n) is 23.0. The number of hydrogen-bond donors (Lipinski definition) is 1. The van der Waals surface area contributed by atoms with Gasteiger partial charge in [-0.2, -0.15) is 10.4 Å². The summed E-state index contributed by atoms with van der Waals surface area (Å²) in [4.78, 5) is 19.3. The largest absolute Gasteiger partial charge is 0.492 e. The van der Waals surface area contributed by atoms with Gasteiger partial charge < -0.3 is 24.4 Å². The zero-order valence-corrected chi connectivity index (χ0v) is 23.8. The number of carbonyl (C=O) groups excluding carboxylic acids is 1. The molecule has 1 aliphatic heterocycles. The van der Waals surface area contributed by atoms with Gasteiger partial charge in [0, 0.05) is 29.9 Å². The number of hydrogen-bond acceptors (Lipinski definition) is 10. The molecule has 0 spiro atoms. The van der Waals surface area contributed by atoms with Crippen LogP contribution < -0.4 is 19.7 Å².